The van der Waals surface area contributed by atoms with E-state index >= 15 is 0 Å². The average molecular weight is 198 g/mol. The van der Waals surface area contributed by atoms with Crippen LogP contribution in [0.15, 0.2) is 42.6 Å². The third-order valence-electron chi connectivity index (χ3n) is 2.30. The molecular formula is C13H14N2. The van der Waals surface area contributed by atoms with Crippen LogP contribution in [0, 0.1) is 0 Å². The van der Waals surface area contributed by atoms with Gasteiger partial charge in [-0.1, -0.05) is 30.3 Å². The summed E-state index contributed by atoms with van der Waals surface area (Å²) in [6.07, 6.45) is 5.98. The van der Waals surface area contributed by atoms with Crippen molar-refractivity contribution in [3.8, 4) is 0 Å². The van der Waals surface area contributed by atoms with Gasteiger partial charge in [-0.2, -0.15) is 0 Å². The normalized spacial score (nSPS) is 11.3. The summed E-state index contributed by atoms with van der Waals surface area (Å²) in [5, 5.41) is 5.51. The highest BCUT2D eigenvalue weighted by molar-refractivity contribution is 5.88. The fourth-order valence-corrected chi connectivity index (χ4v) is 1.56. The Kier molecular flexibility index (Phi) is 3.10. The van der Waals surface area contributed by atoms with Crippen molar-refractivity contribution in [2.24, 2.45) is 0 Å². The van der Waals surface area contributed by atoms with E-state index in [9.17, 15) is 0 Å². The Balaban J connectivity index is 2.42. The van der Waals surface area contributed by atoms with Crippen LogP contribution in [0.2, 0.25) is 0 Å². The van der Waals surface area contributed by atoms with Crippen LogP contribution in [0.3, 0.4) is 0 Å². The van der Waals surface area contributed by atoms with Gasteiger partial charge in [-0.3, -0.25) is 4.98 Å². The molecule has 1 aromatic heterocycles. The van der Waals surface area contributed by atoms with Crippen molar-refractivity contribution in [2.45, 2.75) is 0 Å². The van der Waals surface area contributed by atoms with E-state index in [4.69, 9.17) is 0 Å². The fraction of sp³-hybridized carbons (Fsp3) is 0.154. The summed E-state index contributed by atoms with van der Waals surface area (Å²) in [4.78, 5) is 4.36. The molecule has 0 radical (unpaired) electrons. The molecule has 0 saturated heterocycles. The number of benzene rings is 1. The second-order valence-electron chi connectivity index (χ2n) is 3.38. The zero-order chi connectivity index (χ0) is 10.5. The second kappa shape index (κ2) is 4.71. The first-order valence-corrected chi connectivity index (χ1v) is 5.06. The van der Waals surface area contributed by atoms with E-state index < -0.39 is 0 Å². The summed E-state index contributed by atoms with van der Waals surface area (Å²) in [5.74, 6) is 0. The molecule has 15 heavy (non-hydrogen) atoms. The molecule has 1 heterocycles. The van der Waals surface area contributed by atoms with Crippen LogP contribution in [-0.2, 0) is 0 Å². The van der Waals surface area contributed by atoms with Gasteiger partial charge in [0, 0.05) is 18.1 Å². The maximum absolute atomic E-state index is 4.36. The maximum Gasteiger partial charge on any atom is 0.0705 e. The molecule has 76 valence electrons. The number of hydrogen-bond acceptors (Lipinski definition) is 2. The number of rotatable bonds is 3. The number of likely N-dealkylation sites (N-methyl/N-ethyl adjacent to an activating group) is 1. The molecule has 0 saturated carbocycles. The van der Waals surface area contributed by atoms with E-state index in [0.717, 1.165) is 12.2 Å². The number of nitrogens with zero attached hydrogens (tertiary/aromatic N) is 1. The van der Waals surface area contributed by atoms with Crippen LogP contribution in [0.5, 0.6) is 0 Å². The van der Waals surface area contributed by atoms with E-state index in [1.807, 2.05) is 31.4 Å². The van der Waals surface area contributed by atoms with Gasteiger partial charge < -0.3 is 5.32 Å². The van der Waals surface area contributed by atoms with Crippen molar-refractivity contribution in [2.75, 3.05) is 13.6 Å². The molecule has 0 aliphatic rings. The van der Waals surface area contributed by atoms with Gasteiger partial charge in [0.15, 0.2) is 0 Å². The Morgan fingerprint density at radius 2 is 2.13 bits per heavy atom. The van der Waals surface area contributed by atoms with Gasteiger partial charge in [0.25, 0.3) is 0 Å². The Hall–Kier alpha value is -1.67. The SMILES string of the molecule is CNCC=Cc1nccc2ccccc12. The van der Waals surface area contributed by atoms with Gasteiger partial charge in [0.1, 0.15) is 0 Å². The van der Waals surface area contributed by atoms with Crippen molar-refractivity contribution in [3.05, 3.63) is 48.3 Å². The summed E-state index contributed by atoms with van der Waals surface area (Å²) < 4.78 is 0. The lowest BCUT2D eigenvalue weighted by Gasteiger charge is -2.00. The zero-order valence-corrected chi connectivity index (χ0v) is 8.77. The average Bonchev–Trinajstić information content (AvgIpc) is 2.30. The summed E-state index contributed by atoms with van der Waals surface area (Å²) in [7, 11) is 1.93. The fourth-order valence-electron chi connectivity index (χ4n) is 1.56. The van der Waals surface area contributed by atoms with Gasteiger partial charge in [0.2, 0.25) is 0 Å². The largest absolute Gasteiger partial charge is 0.316 e. The molecule has 0 fully saturated rings. The minimum Gasteiger partial charge on any atom is -0.316 e. The zero-order valence-electron chi connectivity index (χ0n) is 8.77. The molecule has 0 spiro atoms. The smallest absolute Gasteiger partial charge is 0.0705 e. The van der Waals surface area contributed by atoms with Crippen LogP contribution in [0.25, 0.3) is 16.8 Å². The number of pyridine rings is 1. The summed E-state index contributed by atoms with van der Waals surface area (Å²) in [5.41, 5.74) is 1.03. The van der Waals surface area contributed by atoms with Crippen molar-refractivity contribution < 1.29 is 0 Å². The van der Waals surface area contributed by atoms with Gasteiger partial charge in [-0.15, -0.1) is 0 Å². The van der Waals surface area contributed by atoms with Crippen LogP contribution < -0.4 is 5.32 Å². The highest BCUT2D eigenvalue weighted by atomic mass is 14.8. The van der Waals surface area contributed by atoms with Crippen LogP contribution in [0.1, 0.15) is 5.69 Å². The van der Waals surface area contributed by atoms with E-state index in [-0.39, 0.29) is 0 Å². The second-order valence-corrected chi connectivity index (χ2v) is 3.38. The highest BCUT2D eigenvalue weighted by Crippen LogP contribution is 2.16. The third-order valence-corrected chi connectivity index (χ3v) is 2.30. The van der Waals surface area contributed by atoms with Crippen LogP contribution >= 0.6 is 0 Å². The number of nitrogens with one attached hydrogen (secondary N) is 1. The molecule has 2 nitrogen and oxygen atoms in total. The Labute approximate surface area is 89.7 Å². The Morgan fingerprint density at radius 3 is 3.00 bits per heavy atom. The number of aromatic nitrogens is 1. The first-order valence-electron chi connectivity index (χ1n) is 5.06. The molecule has 2 heteroatoms. The minimum absolute atomic E-state index is 0.866. The van der Waals surface area contributed by atoms with Crippen molar-refractivity contribution in [1.29, 1.82) is 0 Å². The summed E-state index contributed by atoms with van der Waals surface area (Å²) in [6, 6.07) is 10.3. The van der Waals surface area contributed by atoms with Crippen molar-refractivity contribution in [1.82, 2.24) is 10.3 Å². The first-order chi connectivity index (χ1) is 7.42. The van der Waals surface area contributed by atoms with Crippen molar-refractivity contribution in [3.63, 3.8) is 0 Å². The van der Waals surface area contributed by atoms with Gasteiger partial charge in [-0.25, -0.2) is 0 Å². The highest BCUT2D eigenvalue weighted by Gasteiger charge is 1.96. The molecule has 0 bridgehead atoms. The topological polar surface area (TPSA) is 24.9 Å². The third kappa shape index (κ3) is 2.22. The molecule has 0 atom stereocenters. The Bertz CT molecular complexity index is 469. The molecule has 2 rings (SSSR count). The van der Waals surface area contributed by atoms with Gasteiger partial charge >= 0.3 is 0 Å². The lowest BCUT2D eigenvalue weighted by atomic mass is 10.1. The quantitative estimate of drug-likeness (QED) is 0.819. The predicted molar refractivity (Wildman–Crippen MR) is 64.7 cm³/mol. The lowest BCUT2D eigenvalue weighted by Crippen LogP contribution is -2.03. The van der Waals surface area contributed by atoms with Crippen LogP contribution in [-0.4, -0.2) is 18.6 Å². The Morgan fingerprint density at radius 1 is 1.27 bits per heavy atom. The van der Waals surface area contributed by atoms with E-state index in [0.29, 0.717) is 0 Å². The molecule has 0 aliphatic carbocycles. The minimum atomic E-state index is 0.866. The lowest BCUT2D eigenvalue weighted by molar-refractivity contribution is 0.922. The van der Waals surface area contributed by atoms with Gasteiger partial charge in [0.05, 0.1) is 5.69 Å². The summed E-state index contributed by atoms with van der Waals surface area (Å²) >= 11 is 0. The first kappa shape index (κ1) is 9.87. The summed E-state index contributed by atoms with van der Waals surface area (Å²) in [6.45, 7) is 0.866. The maximum atomic E-state index is 4.36. The van der Waals surface area contributed by atoms with Crippen molar-refractivity contribution >= 4 is 16.8 Å². The molecule has 0 aliphatic heterocycles. The molecule has 0 unspecified atom stereocenters. The number of fused-ring (bicyclic) bond motifs is 1. The molecule has 1 N–H and O–H groups in total. The molecule has 1 aromatic carbocycles. The van der Waals surface area contributed by atoms with Crippen LogP contribution in [0.4, 0.5) is 0 Å². The molecular weight excluding hydrogens is 184 g/mol. The standard InChI is InChI=1S/C13H14N2/c1-14-9-4-7-13-12-6-3-2-5-11(12)8-10-15-13/h2-8,10,14H,9H2,1H3. The van der Waals surface area contributed by atoms with E-state index in [1.54, 1.807) is 0 Å². The number of hydrogen-bond donors (Lipinski definition) is 1. The van der Waals surface area contributed by atoms with E-state index in [2.05, 4.69) is 34.6 Å². The predicted octanol–water partition coefficient (Wildman–Crippen LogP) is 2.47. The molecule has 0 amide bonds. The van der Waals surface area contributed by atoms with Gasteiger partial charge in [-0.05, 0) is 24.6 Å². The molecule has 2 aromatic rings. The van der Waals surface area contributed by atoms with E-state index in [1.165, 1.54) is 10.8 Å². The monoisotopic (exact) mass is 198 g/mol.